The van der Waals surface area contributed by atoms with Crippen LogP contribution in [-0.4, -0.2) is 17.6 Å². The van der Waals surface area contributed by atoms with Gasteiger partial charge in [-0.15, -0.1) is 0 Å². The van der Waals surface area contributed by atoms with Crippen molar-refractivity contribution in [3.63, 3.8) is 0 Å². The first-order valence-electron chi connectivity index (χ1n) is 12.6. The summed E-state index contributed by atoms with van der Waals surface area (Å²) in [5.41, 5.74) is 2.97. The fourth-order valence-electron chi connectivity index (χ4n) is 4.70. The molecule has 0 amide bonds. The van der Waals surface area contributed by atoms with Crippen molar-refractivity contribution in [2.24, 2.45) is 4.99 Å². The predicted octanol–water partition coefficient (Wildman–Crippen LogP) is 5.56. The van der Waals surface area contributed by atoms with Gasteiger partial charge in [-0.2, -0.15) is 5.26 Å². The summed E-state index contributed by atoms with van der Waals surface area (Å²) in [5.74, 6) is -0.220. The SMILES string of the molecule is CCC1=C(C(=O)OC)[C@H](c2ccccc2)n2c(s/c(=C/c3cc(Cl)cc(Cl)c3OCc3ccccc3C#N)c2=O)=N1. The molecule has 2 heterocycles. The van der Waals surface area contributed by atoms with Gasteiger partial charge in [0.05, 0.1) is 45.6 Å². The molecule has 0 radical (unpaired) electrons. The molecule has 1 atom stereocenters. The number of carbonyl (C=O) groups excluding carboxylic acids is 1. The number of benzene rings is 3. The molecule has 0 saturated heterocycles. The molecule has 5 rings (SSSR count). The quantitative estimate of drug-likeness (QED) is 0.258. The third-order valence-corrected chi connectivity index (χ3v) is 8.08. The molecule has 41 heavy (non-hydrogen) atoms. The summed E-state index contributed by atoms with van der Waals surface area (Å²) in [6, 6.07) is 21.1. The molecule has 3 aromatic carbocycles. The number of hydrogen-bond donors (Lipinski definition) is 0. The minimum Gasteiger partial charge on any atom is -0.487 e. The number of nitrogens with zero attached hydrogens (tertiary/aromatic N) is 3. The fraction of sp³-hybridized carbons (Fsp3) is 0.161. The van der Waals surface area contributed by atoms with Crippen molar-refractivity contribution in [1.29, 1.82) is 5.26 Å². The highest BCUT2D eigenvalue weighted by atomic mass is 35.5. The Morgan fingerprint density at radius 2 is 1.88 bits per heavy atom. The number of thiazole rings is 1. The summed E-state index contributed by atoms with van der Waals surface area (Å²) < 4.78 is 13.1. The predicted molar refractivity (Wildman–Crippen MR) is 159 cm³/mol. The Hall–Kier alpha value is -4.16. The van der Waals surface area contributed by atoms with Crippen molar-refractivity contribution in [1.82, 2.24) is 4.57 Å². The molecule has 206 valence electrons. The Bertz CT molecular complexity index is 1910. The van der Waals surface area contributed by atoms with Crippen molar-refractivity contribution >= 4 is 46.6 Å². The van der Waals surface area contributed by atoms with E-state index in [9.17, 15) is 14.9 Å². The van der Waals surface area contributed by atoms with Crippen LogP contribution in [0.1, 0.15) is 41.6 Å². The van der Waals surface area contributed by atoms with Gasteiger partial charge in [-0.1, -0.05) is 90.0 Å². The zero-order valence-corrected chi connectivity index (χ0v) is 24.4. The van der Waals surface area contributed by atoms with Crippen LogP contribution in [0.2, 0.25) is 10.0 Å². The summed E-state index contributed by atoms with van der Waals surface area (Å²) in [6.45, 7) is 1.99. The lowest BCUT2D eigenvalue weighted by Crippen LogP contribution is -2.40. The maximum atomic E-state index is 14.0. The van der Waals surface area contributed by atoms with Crippen molar-refractivity contribution in [3.8, 4) is 11.8 Å². The van der Waals surface area contributed by atoms with Crippen LogP contribution < -0.4 is 19.6 Å². The topological polar surface area (TPSA) is 93.7 Å². The van der Waals surface area contributed by atoms with E-state index in [1.807, 2.05) is 43.3 Å². The van der Waals surface area contributed by atoms with Crippen LogP contribution in [0.15, 0.2) is 87.8 Å². The molecular formula is C31H23Cl2N3O4S. The van der Waals surface area contributed by atoms with E-state index in [2.05, 4.69) is 6.07 Å². The zero-order valence-electron chi connectivity index (χ0n) is 22.1. The van der Waals surface area contributed by atoms with Gasteiger partial charge < -0.3 is 9.47 Å². The number of methoxy groups -OCH3 is 1. The summed E-state index contributed by atoms with van der Waals surface area (Å²) in [6.07, 6.45) is 2.13. The molecule has 0 bridgehead atoms. The van der Waals surface area contributed by atoms with E-state index in [4.69, 9.17) is 37.7 Å². The molecule has 4 aromatic rings. The van der Waals surface area contributed by atoms with Crippen LogP contribution in [-0.2, 0) is 16.1 Å². The number of aromatic nitrogens is 1. The summed E-state index contributed by atoms with van der Waals surface area (Å²) in [4.78, 5) is 32.1. The van der Waals surface area contributed by atoms with Gasteiger partial charge >= 0.3 is 5.97 Å². The second-order valence-electron chi connectivity index (χ2n) is 9.06. The van der Waals surface area contributed by atoms with E-state index in [0.29, 0.717) is 54.5 Å². The highest BCUT2D eigenvalue weighted by Crippen LogP contribution is 2.34. The minimum atomic E-state index is -0.710. The largest absolute Gasteiger partial charge is 0.487 e. The standard InChI is InChI=1S/C31H23Cl2N3O4S/c1-3-24-26(30(38)39-2)27(18-9-5-4-6-10-18)36-29(37)25(41-31(36)35-24)14-21-13-22(32)15-23(33)28(21)40-17-20-12-8-7-11-19(20)16-34/h4-15,27H,3,17H2,1-2H3/b25-14+/t27-/m0/s1. The maximum absolute atomic E-state index is 14.0. The van der Waals surface area contributed by atoms with E-state index in [0.717, 1.165) is 5.56 Å². The monoisotopic (exact) mass is 603 g/mol. The van der Waals surface area contributed by atoms with Gasteiger partial charge in [0.25, 0.3) is 5.56 Å². The Balaban J connectivity index is 1.67. The van der Waals surface area contributed by atoms with Gasteiger partial charge in [-0.25, -0.2) is 9.79 Å². The molecule has 1 aliphatic heterocycles. The number of halogens is 2. The molecule has 0 unspecified atom stereocenters. The lowest BCUT2D eigenvalue weighted by atomic mass is 9.95. The number of nitriles is 1. The highest BCUT2D eigenvalue weighted by molar-refractivity contribution is 7.07. The first-order valence-corrected chi connectivity index (χ1v) is 14.2. The molecule has 0 spiro atoms. The highest BCUT2D eigenvalue weighted by Gasteiger charge is 2.33. The first-order chi connectivity index (χ1) is 19.9. The smallest absolute Gasteiger partial charge is 0.338 e. The number of fused-ring (bicyclic) bond motifs is 1. The molecule has 7 nitrogen and oxygen atoms in total. The van der Waals surface area contributed by atoms with Gasteiger partial charge in [0, 0.05) is 16.1 Å². The third-order valence-electron chi connectivity index (χ3n) is 6.60. The Morgan fingerprint density at radius 1 is 1.15 bits per heavy atom. The van der Waals surface area contributed by atoms with Gasteiger partial charge in [0.1, 0.15) is 12.4 Å². The number of hydrogen-bond acceptors (Lipinski definition) is 7. The summed E-state index contributed by atoms with van der Waals surface area (Å²) in [7, 11) is 1.31. The molecule has 1 aromatic heterocycles. The van der Waals surface area contributed by atoms with Crippen molar-refractivity contribution in [2.45, 2.75) is 26.0 Å². The van der Waals surface area contributed by atoms with Crippen molar-refractivity contribution < 1.29 is 14.3 Å². The third kappa shape index (κ3) is 5.57. The van der Waals surface area contributed by atoms with E-state index < -0.39 is 12.0 Å². The number of carbonyl (C=O) groups is 1. The van der Waals surface area contributed by atoms with Crippen molar-refractivity contribution in [3.05, 3.63) is 130 Å². The van der Waals surface area contributed by atoms with Gasteiger partial charge in [-0.05, 0) is 36.3 Å². The number of rotatable bonds is 7. The second kappa shape index (κ2) is 12.1. The molecular weight excluding hydrogens is 581 g/mol. The number of allylic oxidation sites excluding steroid dienone is 1. The first kappa shape index (κ1) is 28.4. The molecule has 0 aliphatic carbocycles. The fourth-order valence-corrected chi connectivity index (χ4v) is 6.28. The van der Waals surface area contributed by atoms with E-state index in [1.165, 1.54) is 23.0 Å². The Labute approximate surface area is 249 Å². The van der Waals surface area contributed by atoms with E-state index in [-0.39, 0.29) is 17.2 Å². The summed E-state index contributed by atoms with van der Waals surface area (Å²) >= 11 is 14.1. The molecule has 0 N–H and O–H groups in total. The molecule has 10 heteroatoms. The average Bonchev–Trinajstić information content (AvgIpc) is 3.29. The van der Waals surface area contributed by atoms with E-state index in [1.54, 1.807) is 36.4 Å². The van der Waals surface area contributed by atoms with Gasteiger partial charge in [-0.3, -0.25) is 9.36 Å². The molecule has 0 fully saturated rings. The lowest BCUT2D eigenvalue weighted by molar-refractivity contribution is -0.136. The number of ether oxygens (including phenoxy) is 2. The Morgan fingerprint density at radius 3 is 2.59 bits per heavy atom. The van der Waals surface area contributed by atoms with Crippen LogP contribution >= 0.6 is 34.5 Å². The van der Waals surface area contributed by atoms with Gasteiger partial charge in [0.15, 0.2) is 4.80 Å². The molecule has 0 saturated carbocycles. The normalized spacial score (nSPS) is 14.7. The molecule has 1 aliphatic rings. The maximum Gasteiger partial charge on any atom is 0.338 e. The summed E-state index contributed by atoms with van der Waals surface area (Å²) in [5, 5.41) is 10.1. The van der Waals surface area contributed by atoms with Gasteiger partial charge in [0.2, 0.25) is 0 Å². The van der Waals surface area contributed by atoms with Crippen LogP contribution in [0.25, 0.3) is 6.08 Å². The minimum absolute atomic E-state index is 0.0868. The van der Waals surface area contributed by atoms with Crippen LogP contribution in [0.3, 0.4) is 0 Å². The Kier molecular flexibility index (Phi) is 8.41. The lowest BCUT2D eigenvalue weighted by Gasteiger charge is -2.25. The average molecular weight is 605 g/mol. The zero-order chi connectivity index (χ0) is 29.1. The number of esters is 1. The second-order valence-corrected chi connectivity index (χ2v) is 10.9. The van der Waals surface area contributed by atoms with E-state index >= 15 is 0 Å². The van der Waals surface area contributed by atoms with Crippen LogP contribution in [0, 0.1) is 11.3 Å². The van der Waals surface area contributed by atoms with Crippen molar-refractivity contribution in [2.75, 3.05) is 7.11 Å². The van der Waals surface area contributed by atoms with Crippen LogP contribution in [0.5, 0.6) is 5.75 Å². The van der Waals surface area contributed by atoms with Crippen LogP contribution in [0.4, 0.5) is 0 Å².